The molecule has 1 amide bonds. The molecule has 27 heavy (non-hydrogen) atoms. The summed E-state index contributed by atoms with van der Waals surface area (Å²) in [6.45, 7) is 0.580. The molecule has 1 aromatic heterocycles. The summed E-state index contributed by atoms with van der Waals surface area (Å²) in [6.07, 6.45) is 10.5. The topological polar surface area (TPSA) is 46.9 Å². The summed E-state index contributed by atoms with van der Waals surface area (Å²) in [5, 5.41) is 8.08. The molecule has 4 rings (SSSR count). The summed E-state index contributed by atoms with van der Waals surface area (Å²) >= 11 is 1.73. The predicted octanol–water partition coefficient (Wildman–Crippen LogP) is 4.68. The number of fused-ring (bicyclic) bond motifs is 1. The fourth-order valence-electron chi connectivity index (χ4n) is 4.35. The van der Waals surface area contributed by atoms with E-state index in [-0.39, 0.29) is 5.91 Å². The van der Waals surface area contributed by atoms with Crippen LogP contribution in [0.25, 0.3) is 0 Å². The molecule has 2 aliphatic rings. The average Bonchev–Trinajstić information content (AvgIpc) is 3.35. The molecule has 1 N–H and O–H groups in total. The van der Waals surface area contributed by atoms with Crippen LogP contribution in [-0.4, -0.2) is 21.4 Å². The van der Waals surface area contributed by atoms with Crippen molar-refractivity contribution >= 4 is 17.7 Å². The minimum absolute atomic E-state index is 0.124. The Bertz CT molecular complexity index is 765. The zero-order valence-corrected chi connectivity index (χ0v) is 16.8. The van der Waals surface area contributed by atoms with Crippen LogP contribution in [0.15, 0.2) is 35.2 Å². The van der Waals surface area contributed by atoms with Gasteiger partial charge in [-0.15, -0.1) is 11.8 Å². The van der Waals surface area contributed by atoms with Crippen molar-refractivity contribution in [3.8, 4) is 0 Å². The number of aromatic nitrogens is 2. The lowest BCUT2D eigenvalue weighted by molar-refractivity contribution is -0.120. The number of thioether (sulfide) groups is 1. The van der Waals surface area contributed by atoms with Crippen LogP contribution in [0.4, 0.5) is 0 Å². The van der Waals surface area contributed by atoms with Gasteiger partial charge in [0.25, 0.3) is 0 Å². The monoisotopic (exact) mass is 383 g/mol. The number of nitrogens with zero attached hydrogens (tertiary/aromatic N) is 2. The maximum Gasteiger partial charge on any atom is 0.221 e. The van der Waals surface area contributed by atoms with E-state index in [9.17, 15) is 4.79 Å². The number of nitrogens with one attached hydrogen (secondary N) is 1. The Morgan fingerprint density at radius 3 is 2.70 bits per heavy atom. The van der Waals surface area contributed by atoms with Gasteiger partial charge in [0.1, 0.15) is 0 Å². The van der Waals surface area contributed by atoms with Crippen LogP contribution in [0.3, 0.4) is 0 Å². The SMILES string of the molecule is O=C(CCSc1ccccc1)NCc1nn(C2CCCC2)c2c1CCCC2. The Labute approximate surface area is 166 Å². The van der Waals surface area contributed by atoms with Gasteiger partial charge in [0.05, 0.1) is 18.3 Å². The molecule has 2 aliphatic carbocycles. The highest BCUT2D eigenvalue weighted by Gasteiger charge is 2.26. The first kappa shape index (κ1) is 18.6. The van der Waals surface area contributed by atoms with Gasteiger partial charge >= 0.3 is 0 Å². The van der Waals surface area contributed by atoms with Gasteiger partial charge in [-0.1, -0.05) is 31.0 Å². The minimum atomic E-state index is 0.124. The third-order valence-electron chi connectivity index (χ3n) is 5.76. The third-order valence-corrected chi connectivity index (χ3v) is 6.77. The van der Waals surface area contributed by atoms with E-state index in [0.29, 0.717) is 19.0 Å². The van der Waals surface area contributed by atoms with Crippen molar-refractivity contribution in [1.82, 2.24) is 15.1 Å². The Morgan fingerprint density at radius 2 is 1.89 bits per heavy atom. The second-order valence-electron chi connectivity index (χ2n) is 7.65. The quantitative estimate of drug-likeness (QED) is 0.707. The molecular weight excluding hydrogens is 354 g/mol. The van der Waals surface area contributed by atoms with Gasteiger partial charge in [0.15, 0.2) is 0 Å². The van der Waals surface area contributed by atoms with E-state index in [1.54, 1.807) is 11.8 Å². The van der Waals surface area contributed by atoms with E-state index in [2.05, 4.69) is 22.1 Å². The van der Waals surface area contributed by atoms with Crippen molar-refractivity contribution in [1.29, 1.82) is 0 Å². The second kappa shape index (κ2) is 8.96. The van der Waals surface area contributed by atoms with E-state index < -0.39 is 0 Å². The largest absolute Gasteiger partial charge is 0.350 e. The van der Waals surface area contributed by atoms with Crippen molar-refractivity contribution in [3.05, 3.63) is 47.3 Å². The molecule has 2 aromatic rings. The number of carbonyl (C=O) groups excluding carboxylic acids is 1. The van der Waals surface area contributed by atoms with Gasteiger partial charge in [-0.05, 0) is 56.2 Å². The smallest absolute Gasteiger partial charge is 0.221 e. The Kier molecular flexibility index (Phi) is 6.17. The molecule has 0 radical (unpaired) electrons. The zero-order chi connectivity index (χ0) is 18.5. The first-order valence-electron chi connectivity index (χ1n) is 10.3. The Hall–Kier alpha value is -1.75. The van der Waals surface area contributed by atoms with Crippen molar-refractivity contribution in [2.24, 2.45) is 0 Å². The molecule has 1 fully saturated rings. The molecule has 0 bridgehead atoms. The molecule has 0 atom stereocenters. The van der Waals surface area contributed by atoms with Crippen LogP contribution >= 0.6 is 11.8 Å². The standard InChI is InChI=1S/C22H29N3OS/c26-22(14-15-27-18-10-2-1-3-11-18)23-16-20-19-12-6-7-13-21(19)25(24-20)17-8-4-5-9-17/h1-3,10-11,17H,4-9,12-16H2,(H,23,26). The number of benzene rings is 1. The van der Waals surface area contributed by atoms with Gasteiger partial charge in [0.2, 0.25) is 5.91 Å². The number of hydrogen-bond acceptors (Lipinski definition) is 3. The molecule has 1 heterocycles. The molecule has 0 aliphatic heterocycles. The summed E-state index contributed by atoms with van der Waals surface area (Å²) in [7, 11) is 0. The normalized spacial score (nSPS) is 17.0. The number of carbonyl (C=O) groups is 1. The fourth-order valence-corrected chi connectivity index (χ4v) is 5.22. The van der Waals surface area contributed by atoms with Gasteiger partial charge in [-0.2, -0.15) is 5.10 Å². The third kappa shape index (κ3) is 4.57. The summed E-state index contributed by atoms with van der Waals surface area (Å²) in [6, 6.07) is 10.8. The lowest BCUT2D eigenvalue weighted by atomic mass is 9.95. The lowest BCUT2D eigenvalue weighted by Crippen LogP contribution is -2.24. The van der Waals surface area contributed by atoms with E-state index in [0.717, 1.165) is 24.3 Å². The zero-order valence-electron chi connectivity index (χ0n) is 16.0. The van der Waals surface area contributed by atoms with Crippen LogP contribution in [0, 0.1) is 0 Å². The van der Waals surface area contributed by atoms with Gasteiger partial charge in [-0.3, -0.25) is 9.48 Å². The highest BCUT2D eigenvalue weighted by Crippen LogP contribution is 2.34. The first-order valence-corrected chi connectivity index (χ1v) is 11.3. The second-order valence-corrected chi connectivity index (χ2v) is 8.82. The minimum Gasteiger partial charge on any atom is -0.350 e. The number of amides is 1. The summed E-state index contributed by atoms with van der Waals surface area (Å²) in [5.41, 5.74) is 3.99. The average molecular weight is 384 g/mol. The summed E-state index contributed by atoms with van der Waals surface area (Å²) in [4.78, 5) is 13.5. The van der Waals surface area contributed by atoms with Crippen molar-refractivity contribution in [2.45, 2.75) is 75.3 Å². The lowest BCUT2D eigenvalue weighted by Gasteiger charge is -2.18. The number of hydrogen-bond donors (Lipinski definition) is 1. The van der Waals surface area contributed by atoms with Crippen molar-refractivity contribution < 1.29 is 4.79 Å². The molecule has 5 heteroatoms. The van der Waals surface area contributed by atoms with Crippen molar-refractivity contribution in [2.75, 3.05) is 5.75 Å². The van der Waals surface area contributed by atoms with Gasteiger partial charge in [-0.25, -0.2) is 0 Å². The predicted molar refractivity (Wildman–Crippen MR) is 110 cm³/mol. The van der Waals surface area contributed by atoms with E-state index in [1.165, 1.54) is 54.7 Å². The Balaban J connectivity index is 1.33. The molecule has 0 spiro atoms. The van der Waals surface area contributed by atoms with Crippen LogP contribution in [0.1, 0.15) is 67.9 Å². The van der Waals surface area contributed by atoms with Crippen LogP contribution in [0.2, 0.25) is 0 Å². The molecule has 0 saturated heterocycles. The summed E-state index contributed by atoms with van der Waals surface area (Å²) < 4.78 is 2.33. The molecule has 1 saturated carbocycles. The highest BCUT2D eigenvalue weighted by molar-refractivity contribution is 7.99. The molecule has 1 aromatic carbocycles. The van der Waals surface area contributed by atoms with Crippen LogP contribution in [-0.2, 0) is 24.2 Å². The van der Waals surface area contributed by atoms with E-state index in [1.807, 2.05) is 18.2 Å². The molecule has 0 unspecified atom stereocenters. The molecule has 4 nitrogen and oxygen atoms in total. The van der Waals surface area contributed by atoms with Crippen LogP contribution < -0.4 is 5.32 Å². The maximum atomic E-state index is 12.3. The van der Waals surface area contributed by atoms with Gasteiger partial charge < -0.3 is 5.32 Å². The maximum absolute atomic E-state index is 12.3. The van der Waals surface area contributed by atoms with E-state index in [4.69, 9.17) is 5.10 Å². The first-order chi connectivity index (χ1) is 13.3. The van der Waals surface area contributed by atoms with Crippen molar-refractivity contribution in [3.63, 3.8) is 0 Å². The fraction of sp³-hybridized carbons (Fsp3) is 0.545. The van der Waals surface area contributed by atoms with E-state index >= 15 is 0 Å². The van der Waals surface area contributed by atoms with Crippen LogP contribution in [0.5, 0.6) is 0 Å². The number of rotatable bonds is 7. The Morgan fingerprint density at radius 1 is 1.11 bits per heavy atom. The summed E-state index contributed by atoms with van der Waals surface area (Å²) in [5.74, 6) is 0.934. The van der Waals surface area contributed by atoms with Gasteiger partial charge in [0, 0.05) is 22.8 Å². The molecular formula is C22H29N3OS. The molecule has 144 valence electrons. The highest BCUT2D eigenvalue weighted by atomic mass is 32.2.